The van der Waals surface area contributed by atoms with E-state index in [1.165, 1.54) is 7.22 Å². The van der Waals surface area contributed by atoms with Crippen molar-refractivity contribution in [2.45, 2.75) is 30.2 Å². The van der Waals surface area contributed by atoms with Crippen LogP contribution in [-0.2, 0) is 0 Å². The number of benzene rings is 2. The number of hydrogen-bond donors (Lipinski definition) is 2. The second kappa shape index (κ2) is 7.57. The van der Waals surface area contributed by atoms with E-state index < -0.39 is 18.2 Å². The third-order valence-corrected chi connectivity index (χ3v) is 14.1. The van der Waals surface area contributed by atoms with E-state index in [9.17, 15) is 10.2 Å². The van der Waals surface area contributed by atoms with E-state index >= 15 is 0 Å². The molecule has 2 rings (SSSR count). The van der Waals surface area contributed by atoms with E-state index in [1.807, 2.05) is 38.1 Å². The van der Waals surface area contributed by atoms with Crippen molar-refractivity contribution >= 4 is 25.4 Å². The van der Waals surface area contributed by atoms with Crippen LogP contribution in [0.3, 0.4) is 0 Å². The third-order valence-electron chi connectivity index (χ3n) is 3.29. The molecule has 0 aromatic heterocycles. The summed E-state index contributed by atoms with van der Waals surface area (Å²) in [4.78, 5) is 2.36. The average molecular weight is 388 g/mol. The van der Waals surface area contributed by atoms with Gasteiger partial charge in [-0.25, -0.2) is 0 Å². The summed E-state index contributed by atoms with van der Waals surface area (Å²) in [6, 6.07) is 15.2. The van der Waals surface area contributed by atoms with Gasteiger partial charge in [0.15, 0.2) is 0 Å². The fourth-order valence-electron chi connectivity index (χ4n) is 1.96. The number of aromatic hydroxyl groups is 2. The van der Waals surface area contributed by atoms with Gasteiger partial charge in [0.25, 0.3) is 0 Å². The van der Waals surface area contributed by atoms with Gasteiger partial charge in [-0.1, -0.05) is 13.8 Å². The molecule has 0 bridgehead atoms. The number of rotatable bonds is 3. The van der Waals surface area contributed by atoms with Crippen LogP contribution in [0, 0.1) is 0 Å². The molecule has 0 heterocycles. The first kappa shape index (κ1) is 16.9. The van der Waals surface area contributed by atoms with Crippen molar-refractivity contribution in [3.8, 4) is 11.5 Å². The average Bonchev–Trinajstić information content (AvgIpc) is 2.50. The molecule has 0 aliphatic rings. The molecule has 20 heavy (non-hydrogen) atoms. The molecule has 2 nitrogen and oxygen atoms in total. The van der Waals surface area contributed by atoms with E-state index in [4.69, 9.17) is 0 Å². The number of hydrogen-bond acceptors (Lipinski definition) is 2. The van der Waals surface area contributed by atoms with Crippen molar-refractivity contribution in [2.24, 2.45) is 0 Å². The fraction of sp³-hybridized carbons (Fsp3) is 0.294. The van der Waals surface area contributed by atoms with E-state index in [1.54, 1.807) is 24.3 Å². The summed E-state index contributed by atoms with van der Waals surface area (Å²) in [5, 5.41) is 18.8. The Morgan fingerprint density at radius 3 is 1.30 bits per heavy atom. The molecule has 0 amide bonds. The van der Waals surface area contributed by atoms with E-state index in [2.05, 4.69) is 11.9 Å². The van der Waals surface area contributed by atoms with Crippen LogP contribution in [0.2, 0.25) is 9.44 Å². The summed E-state index contributed by atoms with van der Waals surface area (Å²) in [7, 11) is 0. The maximum absolute atomic E-state index is 9.39. The van der Waals surface area contributed by atoms with Crippen molar-refractivity contribution in [2.75, 3.05) is 0 Å². The van der Waals surface area contributed by atoms with Gasteiger partial charge >= 0.3 is 112 Å². The van der Waals surface area contributed by atoms with E-state index in [0.29, 0.717) is 11.5 Å². The molecule has 0 saturated heterocycles. The Balaban J connectivity index is 0.000000956. The van der Waals surface area contributed by atoms with E-state index in [-0.39, 0.29) is 0 Å². The Morgan fingerprint density at radius 1 is 0.750 bits per heavy atom. The molecule has 0 fully saturated rings. The molecule has 0 unspecified atom stereocenters. The second-order valence-electron chi connectivity index (χ2n) is 4.36. The zero-order valence-corrected chi connectivity index (χ0v) is 15.0. The number of phenols is 2. The molecule has 110 valence electrons. The van der Waals surface area contributed by atoms with Crippen LogP contribution >= 0.6 is 0 Å². The monoisotopic (exact) mass is 390 g/mol. The van der Waals surface area contributed by atoms with Crippen LogP contribution in [-0.4, -0.2) is 28.4 Å². The van der Waals surface area contributed by atoms with Gasteiger partial charge < -0.3 is 0 Å². The summed E-state index contributed by atoms with van der Waals surface area (Å²) >= 11 is -2.34. The van der Waals surface area contributed by atoms with Crippen molar-refractivity contribution in [3.05, 3.63) is 48.5 Å². The van der Waals surface area contributed by atoms with Gasteiger partial charge in [-0.05, 0) is 0 Å². The standard InChI is InChI=1S/C15H18O2Te.C2H6/c1-3-18(2,14-8-4-12(16)5-9-14)15-10-6-13(17)7-11-15;1-2/h4-11,16-17H,3H2,1-2H3;1-2H3. The van der Waals surface area contributed by atoms with Gasteiger partial charge in [-0.15, -0.1) is 0 Å². The molecule has 2 aromatic carbocycles. The molecular formula is C17H24O2Te. The Hall–Kier alpha value is -1.17. The second-order valence-corrected chi connectivity index (χ2v) is 14.9. The first-order chi connectivity index (χ1) is 9.56. The predicted octanol–water partition coefficient (Wildman–Crippen LogP) is 3.34. The molecule has 0 saturated carbocycles. The molecular weight excluding hydrogens is 364 g/mol. The third kappa shape index (κ3) is 3.68. The van der Waals surface area contributed by atoms with Crippen LogP contribution in [0.15, 0.2) is 48.5 Å². The van der Waals surface area contributed by atoms with Crippen LogP contribution in [0.25, 0.3) is 0 Å². The van der Waals surface area contributed by atoms with Gasteiger partial charge in [-0.3, -0.25) is 0 Å². The topological polar surface area (TPSA) is 40.5 Å². The quantitative estimate of drug-likeness (QED) is 0.793. The maximum atomic E-state index is 9.39. The zero-order chi connectivity index (χ0) is 15.2. The SMILES string of the molecule is CC.CC[Te](C)(c1ccc(O)cc1)c1ccc(O)cc1. The number of phenolic OH excluding ortho intramolecular Hbond substituents is 2. The Kier molecular flexibility index (Phi) is 6.39. The van der Waals surface area contributed by atoms with Crippen molar-refractivity contribution in [1.29, 1.82) is 0 Å². The molecule has 2 aromatic rings. The molecule has 0 aliphatic carbocycles. The first-order valence-electron chi connectivity index (χ1n) is 6.90. The van der Waals surface area contributed by atoms with Crippen molar-refractivity contribution in [3.63, 3.8) is 0 Å². The minimum atomic E-state index is -2.34. The van der Waals surface area contributed by atoms with Crippen LogP contribution in [0.5, 0.6) is 11.5 Å². The molecule has 0 spiro atoms. The van der Waals surface area contributed by atoms with Crippen LogP contribution in [0.4, 0.5) is 0 Å². The van der Waals surface area contributed by atoms with Gasteiger partial charge in [0.2, 0.25) is 0 Å². The Labute approximate surface area is 125 Å². The molecule has 2 N–H and O–H groups in total. The summed E-state index contributed by atoms with van der Waals surface area (Å²) < 4.78 is 3.84. The van der Waals surface area contributed by atoms with Crippen LogP contribution in [0.1, 0.15) is 20.8 Å². The Morgan fingerprint density at radius 2 is 1.05 bits per heavy atom. The summed E-state index contributed by atoms with van der Waals surface area (Å²) in [5.41, 5.74) is 0. The molecule has 0 atom stereocenters. The Bertz CT molecular complexity index is 472. The van der Waals surface area contributed by atoms with Gasteiger partial charge in [0.05, 0.1) is 0 Å². The summed E-state index contributed by atoms with van der Waals surface area (Å²) in [6.07, 6.45) is 0. The normalized spacial score (nSPS) is 11.4. The van der Waals surface area contributed by atoms with Crippen molar-refractivity contribution in [1.82, 2.24) is 0 Å². The minimum absolute atomic E-state index is 0.311. The fourth-order valence-corrected chi connectivity index (χ4v) is 8.85. The van der Waals surface area contributed by atoms with Crippen LogP contribution < -0.4 is 7.22 Å². The zero-order valence-electron chi connectivity index (χ0n) is 12.6. The molecule has 3 heteroatoms. The van der Waals surface area contributed by atoms with Gasteiger partial charge in [0, 0.05) is 0 Å². The predicted molar refractivity (Wildman–Crippen MR) is 88.9 cm³/mol. The first-order valence-corrected chi connectivity index (χ1v) is 13.2. The van der Waals surface area contributed by atoms with Crippen molar-refractivity contribution < 1.29 is 10.2 Å². The molecule has 0 radical (unpaired) electrons. The summed E-state index contributed by atoms with van der Waals surface area (Å²) in [5.74, 6) is 0.622. The molecule has 0 aliphatic heterocycles. The summed E-state index contributed by atoms with van der Waals surface area (Å²) in [6.45, 7) is 6.22. The van der Waals surface area contributed by atoms with E-state index in [0.717, 1.165) is 4.47 Å². The van der Waals surface area contributed by atoms with Gasteiger partial charge in [0.1, 0.15) is 0 Å². The van der Waals surface area contributed by atoms with Gasteiger partial charge in [-0.2, -0.15) is 0 Å².